The van der Waals surface area contributed by atoms with Gasteiger partial charge in [0.2, 0.25) is 0 Å². The molecular weight excluding hydrogens is 284 g/mol. The van der Waals surface area contributed by atoms with E-state index in [9.17, 15) is 9.59 Å². The van der Waals surface area contributed by atoms with Gasteiger partial charge < -0.3 is 9.47 Å². The number of hydrogen-bond acceptors (Lipinski definition) is 6. The lowest BCUT2D eigenvalue weighted by Gasteiger charge is -2.50. The maximum atomic E-state index is 12.6. The Balaban J connectivity index is 6.56. The van der Waals surface area contributed by atoms with Crippen molar-refractivity contribution in [1.82, 2.24) is 0 Å². The van der Waals surface area contributed by atoms with E-state index in [4.69, 9.17) is 10.5 Å². The summed E-state index contributed by atoms with van der Waals surface area (Å²) in [5, 5.41) is 17.5. The number of esters is 2. The van der Waals surface area contributed by atoms with E-state index in [-0.39, 0.29) is 24.7 Å². The second-order valence-corrected chi connectivity index (χ2v) is 5.92. The van der Waals surface area contributed by atoms with Crippen LogP contribution in [0.2, 0.25) is 0 Å². The predicted molar refractivity (Wildman–Crippen MR) is 78.5 cm³/mol. The monoisotopic (exact) mass is 308 g/mol. The molecule has 22 heavy (non-hydrogen) atoms. The number of carbonyl (C=O) groups is 2. The Bertz CT molecular complexity index is 455. The first kappa shape index (κ1) is 19.9. The van der Waals surface area contributed by atoms with Crippen LogP contribution in [-0.4, -0.2) is 11.9 Å². The molecule has 0 amide bonds. The summed E-state index contributed by atoms with van der Waals surface area (Å²) in [7, 11) is 0. The average molecular weight is 308 g/mol. The highest BCUT2D eigenvalue weighted by atomic mass is 16.5. The van der Waals surface area contributed by atoms with Gasteiger partial charge in [-0.3, -0.25) is 9.59 Å². The third kappa shape index (κ3) is 2.78. The second kappa shape index (κ2) is 7.79. The molecule has 2 atom stereocenters. The van der Waals surface area contributed by atoms with E-state index in [2.05, 4.69) is 9.47 Å². The molecule has 0 aromatic carbocycles. The molecule has 0 aliphatic rings. The van der Waals surface area contributed by atoms with E-state index >= 15 is 0 Å². The lowest BCUT2D eigenvalue weighted by atomic mass is 9.51. The van der Waals surface area contributed by atoms with E-state index < -0.39 is 22.8 Å². The van der Waals surface area contributed by atoms with E-state index in [1.807, 2.05) is 0 Å². The molecule has 0 fully saturated rings. The molecule has 0 N–H and O–H groups in total. The molecule has 0 bridgehead atoms. The Hall–Kier alpha value is -2.08. The van der Waals surface area contributed by atoms with E-state index in [1.165, 1.54) is 12.5 Å². The Morgan fingerprint density at radius 1 is 0.864 bits per heavy atom. The van der Waals surface area contributed by atoms with E-state index in [0.29, 0.717) is 0 Å². The number of rotatable bonds is 7. The SMILES string of the molecule is CCC(C(=O)OC#N)(C(C)C)C(CC)(C(=O)OC#N)C(C)C. The molecule has 0 aromatic heterocycles. The quantitative estimate of drug-likeness (QED) is 0.529. The van der Waals surface area contributed by atoms with Crippen molar-refractivity contribution >= 4 is 11.9 Å². The van der Waals surface area contributed by atoms with Crippen molar-refractivity contribution in [2.45, 2.75) is 54.4 Å². The first-order chi connectivity index (χ1) is 10.2. The van der Waals surface area contributed by atoms with Gasteiger partial charge in [0.05, 0.1) is 10.8 Å². The lowest BCUT2D eigenvalue weighted by molar-refractivity contribution is -0.186. The van der Waals surface area contributed by atoms with Crippen LogP contribution in [0.5, 0.6) is 0 Å². The molecule has 0 radical (unpaired) electrons. The van der Waals surface area contributed by atoms with Crippen molar-refractivity contribution in [2.75, 3.05) is 0 Å². The van der Waals surface area contributed by atoms with Crippen molar-refractivity contribution in [3.63, 3.8) is 0 Å². The summed E-state index contributed by atoms with van der Waals surface area (Å²) in [4.78, 5) is 25.2. The van der Waals surface area contributed by atoms with Crippen LogP contribution in [0, 0.1) is 45.7 Å². The van der Waals surface area contributed by atoms with Gasteiger partial charge in [-0.2, -0.15) is 0 Å². The van der Waals surface area contributed by atoms with Crippen LogP contribution in [0.3, 0.4) is 0 Å². The van der Waals surface area contributed by atoms with Gasteiger partial charge >= 0.3 is 11.9 Å². The van der Waals surface area contributed by atoms with Gasteiger partial charge in [0.25, 0.3) is 12.5 Å². The zero-order valence-electron chi connectivity index (χ0n) is 14.1. The minimum absolute atomic E-state index is 0.285. The van der Waals surface area contributed by atoms with Gasteiger partial charge in [-0.25, -0.2) is 0 Å². The Kier molecular flexibility index (Phi) is 7.06. The number of hydrogen-bond donors (Lipinski definition) is 0. The molecule has 0 aromatic rings. The predicted octanol–water partition coefficient (Wildman–Crippen LogP) is 3.14. The maximum Gasteiger partial charge on any atom is 0.329 e. The molecule has 0 aliphatic heterocycles. The highest BCUT2D eigenvalue weighted by Crippen LogP contribution is 2.56. The molecular formula is C16H24N2O4. The number of carbonyl (C=O) groups excluding carboxylic acids is 2. The largest absolute Gasteiger partial charge is 0.351 e. The molecule has 6 heteroatoms. The Morgan fingerprint density at radius 2 is 1.14 bits per heavy atom. The summed E-state index contributed by atoms with van der Waals surface area (Å²) in [5.41, 5.74) is -2.50. The number of ether oxygens (including phenoxy) is 2. The average Bonchev–Trinajstić information content (AvgIpc) is 2.44. The molecule has 122 valence electrons. The summed E-state index contributed by atoms with van der Waals surface area (Å²) in [6.07, 6.45) is 3.38. The van der Waals surface area contributed by atoms with Crippen LogP contribution in [0.25, 0.3) is 0 Å². The zero-order chi connectivity index (χ0) is 17.6. The second-order valence-electron chi connectivity index (χ2n) is 5.92. The molecule has 0 heterocycles. The molecule has 0 saturated heterocycles. The Labute approximate surface area is 132 Å². The molecule has 0 spiro atoms. The van der Waals surface area contributed by atoms with Crippen LogP contribution in [-0.2, 0) is 19.1 Å². The zero-order valence-corrected chi connectivity index (χ0v) is 14.1. The summed E-state index contributed by atoms with van der Waals surface area (Å²) in [6.45, 7) is 10.7. The summed E-state index contributed by atoms with van der Waals surface area (Å²) in [6, 6.07) is 0. The Morgan fingerprint density at radius 3 is 1.27 bits per heavy atom. The van der Waals surface area contributed by atoms with Crippen molar-refractivity contribution < 1.29 is 19.1 Å². The third-order valence-corrected chi connectivity index (χ3v) is 4.89. The van der Waals surface area contributed by atoms with Gasteiger partial charge in [0.1, 0.15) is 0 Å². The van der Waals surface area contributed by atoms with Crippen molar-refractivity contribution in [2.24, 2.45) is 22.7 Å². The standard InChI is InChI=1S/C16H24N2O4/c1-7-15(11(3)4,13(19)21-9-17)16(8-2,12(5)6)14(20)22-10-18/h11-12H,7-8H2,1-6H3. The van der Waals surface area contributed by atoms with E-state index in [1.54, 1.807) is 41.5 Å². The van der Waals surface area contributed by atoms with Crippen molar-refractivity contribution in [3.8, 4) is 12.5 Å². The maximum absolute atomic E-state index is 12.6. The highest BCUT2D eigenvalue weighted by Gasteiger charge is 2.64. The summed E-state index contributed by atoms with van der Waals surface area (Å²) < 4.78 is 9.24. The van der Waals surface area contributed by atoms with E-state index in [0.717, 1.165) is 0 Å². The lowest BCUT2D eigenvalue weighted by Crippen LogP contribution is -2.58. The van der Waals surface area contributed by atoms with Gasteiger partial charge in [0, 0.05) is 0 Å². The fraction of sp³-hybridized carbons (Fsp3) is 0.750. The molecule has 0 aliphatic carbocycles. The highest BCUT2D eigenvalue weighted by molar-refractivity contribution is 5.89. The summed E-state index contributed by atoms with van der Waals surface area (Å²) >= 11 is 0. The van der Waals surface area contributed by atoms with Crippen LogP contribution in [0.15, 0.2) is 0 Å². The van der Waals surface area contributed by atoms with Gasteiger partial charge in [-0.15, -0.1) is 10.5 Å². The van der Waals surface area contributed by atoms with Crippen LogP contribution >= 0.6 is 0 Å². The summed E-state index contributed by atoms with van der Waals surface area (Å²) in [5.74, 6) is -2.07. The molecule has 0 rings (SSSR count). The minimum atomic E-state index is -1.25. The first-order valence-electron chi connectivity index (χ1n) is 7.43. The van der Waals surface area contributed by atoms with Gasteiger partial charge in [-0.05, 0) is 24.7 Å². The van der Waals surface area contributed by atoms with Crippen LogP contribution in [0.4, 0.5) is 0 Å². The number of nitriles is 2. The number of nitrogens with zero attached hydrogens (tertiary/aromatic N) is 2. The smallest absolute Gasteiger partial charge is 0.329 e. The van der Waals surface area contributed by atoms with Gasteiger partial charge in [0.15, 0.2) is 0 Å². The van der Waals surface area contributed by atoms with Gasteiger partial charge in [-0.1, -0.05) is 41.5 Å². The molecule has 2 unspecified atom stereocenters. The first-order valence-corrected chi connectivity index (χ1v) is 7.43. The van der Waals surface area contributed by atoms with Crippen molar-refractivity contribution in [1.29, 1.82) is 10.5 Å². The van der Waals surface area contributed by atoms with Crippen LogP contribution < -0.4 is 0 Å². The van der Waals surface area contributed by atoms with Crippen LogP contribution in [0.1, 0.15) is 54.4 Å². The molecule has 0 saturated carbocycles. The fourth-order valence-electron chi connectivity index (χ4n) is 3.87. The van der Waals surface area contributed by atoms with Crippen molar-refractivity contribution in [3.05, 3.63) is 0 Å². The third-order valence-electron chi connectivity index (χ3n) is 4.89. The molecule has 6 nitrogen and oxygen atoms in total. The fourth-order valence-corrected chi connectivity index (χ4v) is 3.87. The normalized spacial score (nSPS) is 16.1. The topological polar surface area (TPSA) is 100 Å². The minimum Gasteiger partial charge on any atom is -0.351 e.